The normalized spacial score (nSPS) is 12.2. The Hall–Kier alpha value is -2.60. The van der Waals surface area contributed by atoms with E-state index in [1.165, 1.54) is 23.1 Å². The number of nitrogens with one attached hydrogen (secondary N) is 1. The summed E-state index contributed by atoms with van der Waals surface area (Å²) in [5, 5.41) is 3.94. The number of benzene rings is 3. The van der Waals surface area contributed by atoms with Crippen LogP contribution in [0.15, 0.2) is 66.7 Å². The molecule has 0 aliphatic heterocycles. The maximum atomic E-state index is 14.6. The van der Waals surface area contributed by atoms with Crippen LogP contribution in [0.2, 0.25) is 15.1 Å². The predicted molar refractivity (Wildman–Crippen MR) is 144 cm³/mol. The van der Waals surface area contributed by atoms with E-state index < -0.39 is 23.3 Å². The smallest absolute Gasteiger partial charge is 0.243 e. The van der Waals surface area contributed by atoms with Crippen molar-refractivity contribution in [2.45, 2.75) is 51.7 Å². The first-order chi connectivity index (χ1) is 16.9. The fraction of sp³-hybridized carbons (Fsp3) is 0.286. The highest BCUT2D eigenvalue weighted by Gasteiger charge is 2.33. The molecule has 0 bridgehead atoms. The van der Waals surface area contributed by atoms with E-state index >= 15 is 0 Å². The molecule has 1 N–H and O–H groups in total. The molecule has 36 heavy (non-hydrogen) atoms. The second-order valence-corrected chi connectivity index (χ2v) is 10.8. The molecule has 0 aliphatic carbocycles. The summed E-state index contributed by atoms with van der Waals surface area (Å²) in [7, 11) is 0. The van der Waals surface area contributed by atoms with E-state index in [-0.39, 0.29) is 35.9 Å². The molecular formula is C28H28Cl3FN2O2. The van der Waals surface area contributed by atoms with Crippen molar-refractivity contribution in [3.05, 3.63) is 104 Å². The first kappa shape index (κ1) is 28.0. The van der Waals surface area contributed by atoms with Crippen molar-refractivity contribution < 1.29 is 14.0 Å². The molecule has 190 valence electrons. The number of carbonyl (C=O) groups is 2. The van der Waals surface area contributed by atoms with Crippen molar-refractivity contribution in [1.82, 2.24) is 10.2 Å². The molecule has 2 amide bonds. The number of halogens is 4. The van der Waals surface area contributed by atoms with Crippen LogP contribution in [0.4, 0.5) is 4.39 Å². The average Bonchev–Trinajstić information content (AvgIpc) is 2.79. The maximum absolute atomic E-state index is 14.6. The summed E-state index contributed by atoms with van der Waals surface area (Å²) in [6.45, 7) is 5.62. The van der Waals surface area contributed by atoms with Gasteiger partial charge in [0.15, 0.2) is 0 Å². The number of hydrogen-bond donors (Lipinski definition) is 1. The van der Waals surface area contributed by atoms with Crippen LogP contribution in [0.25, 0.3) is 0 Å². The fourth-order valence-corrected chi connectivity index (χ4v) is 4.49. The summed E-state index contributed by atoms with van der Waals surface area (Å²) >= 11 is 18.7. The summed E-state index contributed by atoms with van der Waals surface area (Å²) < 4.78 is 14.6. The lowest BCUT2D eigenvalue weighted by atomic mass is 9.99. The Morgan fingerprint density at radius 3 is 2.25 bits per heavy atom. The number of carbonyl (C=O) groups excluding carboxylic acids is 2. The molecule has 8 heteroatoms. The van der Waals surface area contributed by atoms with Crippen LogP contribution in [0.3, 0.4) is 0 Å². The Morgan fingerprint density at radius 2 is 1.64 bits per heavy atom. The van der Waals surface area contributed by atoms with Gasteiger partial charge in [0.2, 0.25) is 11.8 Å². The van der Waals surface area contributed by atoms with Gasteiger partial charge in [0.1, 0.15) is 11.9 Å². The van der Waals surface area contributed by atoms with Gasteiger partial charge in [0.25, 0.3) is 0 Å². The van der Waals surface area contributed by atoms with Gasteiger partial charge in [-0.2, -0.15) is 0 Å². The molecule has 0 saturated carbocycles. The highest BCUT2D eigenvalue weighted by Crippen LogP contribution is 2.26. The standard InChI is InChI=1S/C28H28Cl3FN2O2/c1-28(2,3)33-27(36)25(14-18-8-5-4-6-9-18)34(17-19-12-13-20(29)15-23(19)31)26(35)16-21-22(30)10-7-11-24(21)32/h4-13,15,25H,14,16-17H2,1-3H3,(H,33,36)/t25-/m1/s1. The van der Waals surface area contributed by atoms with E-state index in [0.717, 1.165) is 5.56 Å². The van der Waals surface area contributed by atoms with Crippen molar-refractivity contribution in [2.75, 3.05) is 0 Å². The zero-order chi connectivity index (χ0) is 26.5. The average molecular weight is 550 g/mol. The molecule has 4 nitrogen and oxygen atoms in total. The fourth-order valence-electron chi connectivity index (χ4n) is 3.79. The molecule has 3 rings (SSSR count). The number of rotatable bonds is 8. The quantitative estimate of drug-likeness (QED) is 0.333. The van der Waals surface area contributed by atoms with Crippen molar-refractivity contribution in [2.24, 2.45) is 0 Å². The van der Waals surface area contributed by atoms with Crippen molar-refractivity contribution in [3.8, 4) is 0 Å². The topological polar surface area (TPSA) is 49.4 Å². The van der Waals surface area contributed by atoms with E-state index in [9.17, 15) is 14.0 Å². The van der Waals surface area contributed by atoms with Crippen molar-refractivity contribution in [1.29, 1.82) is 0 Å². The lowest BCUT2D eigenvalue weighted by Gasteiger charge is -2.34. The second-order valence-electron chi connectivity index (χ2n) is 9.58. The third-order valence-corrected chi connectivity index (χ3v) is 6.46. The summed E-state index contributed by atoms with van der Waals surface area (Å²) in [5.41, 5.74) is 1.02. The molecule has 0 radical (unpaired) electrons. The minimum Gasteiger partial charge on any atom is -0.350 e. The SMILES string of the molecule is CC(C)(C)NC(=O)[C@@H](Cc1ccccc1)N(Cc1ccc(Cl)cc1Cl)C(=O)Cc1c(F)cccc1Cl. The number of nitrogens with zero attached hydrogens (tertiary/aromatic N) is 1. The van der Waals surface area contributed by atoms with Crippen LogP contribution in [0.1, 0.15) is 37.5 Å². The van der Waals surface area contributed by atoms with E-state index in [1.807, 2.05) is 51.1 Å². The third kappa shape index (κ3) is 7.70. The van der Waals surface area contributed by atoms with Gasteiger partial charge in [-0.3, -0.25) is 9.59 Å². The molecule has 3 aromatic rings. The molecule has 0 spiro atoms. The minimum atomic E-state index is -0.892. The van der Waals surface area contributed by atoms with Gasteiger partial charge in [-0.05, 0) is 56.2 Å². The zero-order valence-electron chi connectivity index (χ0n) is 20.3. The van der Waals surface area contributed by atoms with Crippen LogP contribution in [0.5, 0.6) is 0 Å². The molecule has 0 unspecified atom stereocenters. The lowest BCUT2D eigenvalue weighted by molar-refractivity contribution is -0.141. The Bertz CT molecular complexity index is 1210. The van der Waals surface area contributed by atoms with Gasteiger partial charge in [-0.25, -0.2) is 4.39 Å². The predicted octanol–water partition coefficient (Wildman–Crippen LogP) is 6.88. The largest absolute Gasteiger partial charge is 0.350 e. The van der Waals surface area contributed by atoms with Crippen LogP contribution in [0, 0.1) is 5.82 Å². The molecule has 0 aromatic heterocycles. The maximum Gasteiger partial charge on any atom is 0.243 e. The first-order valence-electron chi connectivity index (χ1n) is 11.5. The van der Waals surface area contributed by atoms with Gasteiger partial charge in [0.05, 0.1) is 6.42 Å². The molecule has 0 saturated heterocycles. The van der Waals surface area contributed by atoms with Gasteiger partial charge in [-0.1, -0.05) is 77.3 Å². The Balaban J connectivity index is 2.06. The van der Waals surface area contributed by atoms with Crippen LogP contribution in [-0.4, -0.2) is 28.3 Å². The zero-order valence-corrected chi connectivity index (χ0v) is 22.6. The highest BCUT2D eigenvalue weighted by molar-refractivity contribution is 6.35. The monoisotopic (exact) mass is 548 g/mol. The van der Waals surface area contributed by atoms with E-state index in [1.54, 1.807) is 18.2 Å². The molecule has 0 aliphatic rings. The van der Waals surface area contributed by atoms with Crippen LogP contribution in [-0.2, 0) is 29.0 Å². The second kappa shape index (κ2) is 12.1. The van der Waals surface area contributed by atoms with Crippen LogP contribution >= 0.6 is 34.8 Å². The summed E-state index contributed by atoms with van der Waals surface area (Å²) in [5.74, 6) is -1.37. The van der Waals surface area contributed by atoms with E-state index in [4.69, 9.17) is 34.8 Å². The van der Waals surface area contributed by atoms with Gasteiger partial charge >= 0.3 is 0 Å². The van der Waals surface area contributed by atoms with Crippen LogP contribution < -0.4 is 5.32 Å². The molecule has 0 fully saturated rings. The highest BCUT2D eigenvalue weighted by atomic mass is 35.5. The summed E-state index contributed by atoms with van der Waals surface area (Å²) in [6, 6.07) is 17.7. The molecule has 1 atom stereocenters. The number of amides is 2. The van der Waals surface area contributed by atoms with Gasteiger partial charge in [0, 0.05) is 39.1 Å². The molecular weight excluding hydrogens is 522 g/mol. The summed E-state index contributed by atoms with van der Waals surface area (Å²) in [4.78, 5) is 28.8. The summed E-state index contributed by atoms with van der Waals surface area (Å²) in [6.07, 6.45) is -0.0600. The Morgan fingerprint density at radius 1 is 0.944 bits per heavy atom. The van der Waals surface area contributed by atoms with Gasteiger partial charge in [-0.15, -0.1) is 0 Å². The lowest BCUT2D eigenvalue weighted by Crippen LogP contribution is -2.54. The van der Waals surface area contributed by atoms with Crippen molar-refractivity contribution in [3.63, 3.8) is 0 Å². The minimum absolute atomic E-state index is 0.0238. The Labute approximate surface area is 226 Å². The van der Waals surface area contributed by atoms with E-state index in [2.05, 4.69) is 5.32 Å². The van der Waals surface area contributed by atoms with Crippen molar-refractivity contribution >= 4 is 46.6 Å². The number of hydrogen-bond acceptors (Lipinski definition) is 2. The molecule has 3 aromatic carbocycles. The molecule has 0 heterocycles. The third-order valence-electron chi connectivity index (χ3n) is 5.51. The van der Waals surface area contributed by atoms with Gasteiger partial charge < -0.3 is 10.2 Å². The first-order valence-corrected chi connectivity index (χ1v) is 12.6. The Kier molecular flexibility index (Phi) is 9.40. The van der Waals surface area contributed by atoms with E-state index in [0.29, 0.717) is 15.6 Å².